The summed E-state index contributed by atoms with van der Waals surface area (Å²) in [5.74, 6) is 3.86. The van der Waals surface area contributed by atoms with Crippen LogP contribution in [0.5, 0.6) is 0 Å². The van der Waals surface area contributed by atoms with Crippen LogP contribution >= 0.6 is 0 Å². The minimum atomic E-state index is 0.185. The SMILES string of the molecule is CCc1ccccc1-c1nc(CN(CCO)C2C[C@@H]3C[C@H]([C@H]2C)C3(C)C)c(C)o1. The number of rotatable bonds is 7. The maximum Gasteiger partial charge on any atom is 0.226 e. The van der Waals surface area contributed by atoms with Crippen molar-refractivity contribution < 1.29 is 9.52 Å². The second-order valence-corrected chi connectivity index (χ2v) is 9.75. The summed E-state index contributed by atoms with van der Waals surface area (Å²) in [4.78, 5) is 7.36. The molecule has 0 saturated heterocycles. The van der Waals surface area contributed by atoms with E-state index in [0.29, 0.717) is 23.9 Å². The third-order valence-corrected chi connectivity index (χ3v) is 8.04. The molecule has 1 unspecified atom stereocenters. The number of oxazole rings is 1. The van der Waals surface area contributed by atoms with E-state index < -0.39 is 0 Å². The van der Waals surface area contributed by atoms with Crippen LogP contribution in [-0.2, 0) is 13.0 Å². The highest BCUT2D eigenvalue weighted by molar-refractivity contribution is 5.59. The van der Waals surface area contributed by atoms with Gasteiger partial charge in [0.25, 0.3) is 0 Å². The number of hydrogen-bond donors (Lipinski definition) is 1. The van der Waals surface area contributed by atoms with Gasteiger partial charge in [-0.2, -0.15) is 0 Å². The largest absolute Gasteiger partial charge is 0.441 e. The normalized spacial score (nSPS) is 27.8. The van der Waals surface area contributed by atoms with Crippen LogP contribution in [0.15, 0.2) is 28.7 Å². The number of hydrogen-bond acceptors (Lipinski definition) is 4. The Bertz CT molecular complexity index is 856. The molecule has 158 valence electrons. The van der Waals surface area contributed by atoms with Gasteiger partial charge in [0, 0.05) is 24.7 Å². The second-order valence-electron chi connectivity index (χ2n) is 9.75. The van der Waals surface area contributed by atoms with Gasteiger partial charge in [0.2, 0.25) is 5.89 Å². The van der Waals surface area contributed by atoms with Crippen LogP contribution in [0.1, 0.15) is 57.6 Å². The van der Waals surface area contributed by atoms with Gasteiger partial charge in [-0.05, 0) is 61.0 Å². The van der Waals surface area contributed by atoms with Gasteiger partial charge < -0.3 is 9.52 Å². The lowest BCUT2D eigenvalue weighted by molar-refractivity contribution is -0.141. The molecule has 3 aliphatic carbocycles. The molecule has 3 fully saturated rings. The Kier molecular flexibility index (Phi) is 5.60. The van der Waals surface area contributed by atoms with Crippen LogP contribution < -0.4 is 0 Å². The number of aliphatic hydroxyl groups excluding tert-OH is 1. The van der Waals surface area contributed by atoms with Crippen molar-refractivity contribution >= 4 is 0 Å². The molecule has 4 nitrogen and oxygen atoms in total. The van der Waals surface area contributed by atoms with Crippen LogP contribution in [0.4, 0.5) is 0 Å². The fraction of sp³-hybridized carbons (Fsp3) is 0.640. The standard InChI is InChI=1S/C25H36N2O2/c1-6-18-9-7-8-10-20(18)24-26-22(17(3)29-24)15-27(11-12-28)23-14-19-13-21(16(23)2)25(19,4)5/h7-10,16,19,21,23,28H,6,11-15H2,1-5H3/t16-,19+,21-,23?/m1/s1. The van der Waals surface area contributed by atoms with Gasteiger partial charge in [0.15, 0.2) is 0 Å². The summed E-state index contributed by atoms with van der Waals surface area (Å²) in [5.41, 5.74) is 3.83. The average Bonchev–Trinajstić information content (AvgIpc) is 3.07. The smallest absolute Gasteiger partial charge is 0.226 e. The van der Waals surface area contributed by atoms with Gasteiger partial charge in [-0.3, -0.25) is 4.90 Å². The lowest BCUT2D eigenvalue weighted by atomic mass is 9.44. The van der Waals surface area contributed by atoms with Crippen molar-refractivity contribution in [2.75, 3.05) is 13.2 Å². The Labute approximate surface area is 175 Å². The summed E-state index contributed by atoms with van der Waals surface area (Å²) >= 11 is 0. The number of fused-ring (bicyclic) bond motifs is 2. The summed E-state index contributed by atoms with van der Waals surface area (Å²) in [5, 5.41) is 9.75. The maximum absolute atomic E-state index is 9.75. The predicted octanol–water partition coefficient (Wildman–Crippen LogP) is 5.08. The summed E-state index contributed by atoms with van der Waals surface area (Å²) in [6, 6.07) is 8.87. The highest BCUT2D eigenvalue weighted by Crippen LogP contribution is 2.62. The van der Waals surface area contributed by atoms with Crippen LogP contribution in [0.3, 0.4) is 0 Å². The molecule has 3 aliphatic rings. The number of aryl methyl sites for hydroxylation is 2. The molecule has 1 aromatic heterocycles. The summed E-state index contributed by atoms with van der Waals surface area (Å²) in [7, 11) is 0. The number of aromatic nitrogens is 1. The highest BCUT2D eigenvalue weighted by Gasteiger charge is 2.57. The predicted molar refractivity (Wildman–Crippen MR) is 116 cm³/mol. The Balaban J connectivity index is 1.56. The molecule has 4 heteroatoms. The molecule has 5 rings (SSSR count). The maximum atomic E-state index is 9.75. The topological polar surface area (TPSA) is 49.5 Å². The van der Waals surface area contributed by atoms with Crippen LogP contribution in [0.25, 0.3) is 11.5 Å². The van der Waals surface area contributed by atoms with Crippen LogP contribution in [-0.4, -0.2) is 34.2 Å². The molecule has 29 heavy (non-hydrogen) atoms. The Morgan fingerprint density at radius 2 is 2.00 bits per heavy atom. The van der Waals surface area contributed by atoms with E-state index in [1.807, 2.05) is 13.0 Å². The molecular weight excluding hydrogens is 360 g/mol. The number of nitrogens with zero attached hydrogens (tertiary/aromatic N) is 2. The summed E-state index contributed by atoms with van der Waals surface area (Å²) < 4.78 is 6.10. The molecular formula is C25H36N2O2. The zero-order chi connectivity index (χ0) is 20.8. The van der Waals surface area contributed by atoms with E-state index in [2.05, 4.69) is 50.8 Å². The van der Waals surface area contributed by atoms with E-state index in [1.54, 1.807) is 0 Å². The number of benzene rings is 1. The molecule has 0 amide bonds. The molecule has 2 aromatic rings. The van der Waals surface area contributed by atoms with Gasteiger partial charge in [0.1, 0.15) is 5.76 Å². The van der Waals surface area contributed by atoms with E-state index >= 15 is 0 Å². The summed E-state index contributed by atoms with van der Waals surface area (Å²) in [6.07, 6.45) is 3.56. The first kappa shape index (κ1) is 20.6. The zero-order valence-corrected chi connectivity index (χ0v) is 18.6. The zero-order valence-electron chi connectivity index (χ0n) is 18.6. The molecule has 1 N–H and O–H groups in total. The Morgan fingerprint density at radius 1 is 1.24 bits per heavy atom. The second kappa shape index (κ2) is 7.88. The Hall–Kier alpha value is -1.65. The van der Waals surface area contributed by atoms with Crippen molar-refractivity contribution in [1.82, 2.24) is 9.88 Å². The van der Waals surface area contributed by atoms with Gasteiger partial charge in [-0.25, -0.2) is 4.98 Å². The highest BCUT2D eigenvalue weighted by atomic mass is 16.4. The first-order valence-corrected chi connectivity index (χ1v) is 11.3. The third-order valence-electron chi connectivity index (χ3n) is 8.04. The quantitative estimate of drug-likeness (QED) is 0.709. The lowest BCUT2D eigenvalue weighted by Crippen LogP contribution is -2.60. The third kappa shape index (κ3) is 3.55. The van der Waals surface area contributed by atoms with E-state index in [-0.39, 0.29) is 6.61 Å². The van der Waals surface area contributed by atoms with E-state index in [9.17, 15) is 5.11 Å². The molecule has 1 aromatic carbocycles. The van der Waals surface area contributed by atoms with Crippen molar-refractivity contribution in [3.8, 4) is 11.5 Å². The van der Waals surface area contributed by atoms with Crippen LogP contribution in [0.2, 0.25) is 0 Å². The van der Waals surface area contributed by atoms with Crippen molar-refractivity contribution in [2.24, 2.45) is 23.2 Å². The van der Waals surface area contributed by atoms with Crippen molar-refractivity contribution in [2.45, 2.75) is 66.5 Å². The lowest BCUT2D eigenvalue weighted by Gasteiger charge is -2.63. The molecule has 0 radical (unpaired) electrons. The molecule has 4 atom stereocenters. The van der Waals surface area contributed by atoms with Crippen molar-refractivity contribution in [1.29, 1.82) is 0 Å². The fourth-order valence-electron chi connectivity index (χ4n) is 6.01. The molecule has 2 bridgehead atoms. The van der Waals surface area contributed by atoms with Crippen molar-refractivity contribution in [3.63, 3.8) is 0 Å². The minimum Gasteiger partial charge on any atom is -0.441 e. The van der Waals surface area contributed by atoms with E-state index in [0.717, 1.165) is 47.7 Å². The van der Waals surface area contributed by atoms with Crippen molar-refractivity contribution in [3.05, 3.63) is 41.3 Å². The fourth-order valence-corrected chi connectivity index (χ4v) is 6.01. The molecule has 0 spiro atoms. The molecule has 0 aliphatic heterocycles. The molecule has 1 heterocycles. The molecule has 3 saturated carbocycles. The summed E-state index contributed by atoms with van der Waals surface area (Å²) in [6.45, 7) is 13.1. The van der Waals surface area contributed by atoms with Gasteiger partial charge in [-0.1, -0.05) is 45.9 Å². The van der Waals surface area contributed by atoms with Crippen LogP contribution in [0, 0.1) is 30.1 Å². The Morgan fingerprint density at radius 3 is 2.66 bits per heavy atom. The minimum absolute atomic E-state index is 0.185. The van der Waals surface area contributed by atoms with Gasteiger partial charge in [0.05, 0.1) is 12.3 Å². The number of aliphatic hydroxyl groups is 1. The first-order chi connectivity index (χ1) is 13.9. The van der Waals surface area contributed by atoms with E-state index in [1.165, 1.54) is 18.4 Å². The first-order valence-electron chi connectivity index (χ1n) is 11.3. The monoisotopic (exact) mass is 396 g/mol. The van der Waals surface area contributed by atoms with Gasteiger partial charge >= 0.3 is 0 Å². The van der Waals surface area contributed by atoms with E-state index in [4.69, 9.17) is 9.40 Å². The average molecular weight is 397 g/mol. The van der Waals surface area contributed by atoms with Gasteiger partial charge in [-0.15, -0.1) is 0 Å².